The van der Waals surface area contributed by atoms with Gasteiger partial charge in [0.15, 0.2) is 0 Å². The van der Waals surface area contributed by atoms with Crippen molar-refractivity contribution in [3.05, 3.63) is 25.3 Å². The van der Waals surface area contributed by atoms with Gasteiger partial charge in [0.2, 0.25) is 0 Å². The molecule has 0 aromatic heterocycles. The maximum Gasteiger partial charge on any atom is 0.379 e. The summed E-state index contributed by atoms with van der Waals surface area (Å²) in [4.78, 5) is 0. The van der Waals surface area contributed by atoms with E-state index in [4.69, 9.17) is 0 Å². The van der Waals surface area contributed by atoms with Crippen LogP contribution in [0.2, 0.25) is 0 Å². The summed E-state index contributed by atoms with van der Waals surface area (Å²) in [6.07, 6.45) is 3.87. The van der Waals surface area contributed by atoms with Gasteiger partial charge >= 0.3 is 6.68 Å². The summed E-state index contributed by atoms with van der Waals surface area (Å²) in [6, 6.07) is 0. The van der Waals surface area contributed by atoms with Gasteiger partial charge in [0.25, 0.3) is 0 Å². The van der Waals surface area contributed by atoms with Crippen LogP contribution in [0.5, 0.6) is 0 Å². The van der Waals surface area contributed by atoms with Crippen molar-refractivity contribution < 1.29 is 17.7 Å². The first-order valence-electron chi connectivity index (χ1n) is 3.81. The van der Waals surface area contributed by atoms with Crippen molar-refractivity contribution in [1.29, 1.82) is 0 Å². The Morgan fingerprint density at radius 1 is 1.08 bits per heavy atom. The summed E-state index contributed by atoms with van der Waals surface area (Å²) in [5.74, 6) is 0. The highest BCUT2D eigenvalue weighted by atomic mass is 19.4. The van der Waals surface area contributed by atoms with Crippen molar-refractivity contribution in [3.8, 4) is 0 Å². The first-order chi connectivity index (χ1) is 5.85. The number of rotatable bonds is 4. The minimum atomic E-state index is -3.67. The zero-order chi connectivity index (χ0) is 10.9. The monoisotopic (exact) mass is 196 g/mol. The smallest absolute Gasteiger partial charge is 0.322 e. The topological polar surface area (TPSA) is 0 Å². The Balaban J connectivity index is 0. The Morgan fingerprint density at radius 2 is 1.31 bits per heavy atom. The van der Waals surface area contributed by atoms with E-state index in [0.29, 0.717) is 0 Å². The van der Waals surface area contributed by atoms with Gasteiger partial charge in [0.1, 0.15) is 0 Å². The average molecular weight is 196 g/mol. The second kappa shape index (κ2) is 7.86. The largest absolute Gasteiger partial charge is 0.379 e. The zero-order valence-corrected chi connectivity index (χ0v) is 8.14. The number of likely N-dealkylation sites (N-methyl/N-ethyl adjacent to an activating group) is 1. The van der Waals surface area contributed by atoms with E-state index >= 15 is 0 Å². The summed E-state index contributed by atoms with van der Waals surface area (Å²) < 4.78 is 30.0. The predicted molar refractivity (Wildman–Crippen MR) is 49.3 cm³/mol. The molecule has 0 aromatic rings. The van der Waals surface area contributed by atoms with Crippen molar-refractivity contribution in [2.75, 3.05) is 27.2 Å². The molecule has 4 heteroatoms. The van der Waals surface area contributed by atoms with Crippen molar-refractivity contribution in [1.82, 2.24) is 0 Å². The molecule has 0 saturated carbocycles. The van der Waals surface area contributed by atoms with Crippen LogP contribution >= 0.6 is 0 Å². The van der Waals surface area contributed by atoms with E-state index in [2.05, 4.69) is 27.3 Å². The van der Waals surface area contributed by atoms with Crippen LogP contribution in [-0.4, -0.2) is 38.3 Å². The van der Waals surface area contributed by atoms with E-state index in [1.165, 1.54) is 0 Å². The van der Waals surface area contributed by atoms with Crippen LogP contribution in [0, 0.1) is 0 Å². The standard InChI is InChI=1S/C8H16N.CHF3/c1-5-7-9(3,4)8-6-2;2-1(3)4/h5-6H,1-2,7-8H2,3-4H3;1H/q+1;. The lowest BCUT2D eigenvalue weighted by Gasteiger charge is -2.26. The molecule has 0 aliphatic heterocycles. The molecule has 0 saturated heterocycles. The molecule has 0 atom stereocenters. The van der Waals surface area contributed by atoms with Crippen LogP contribution in [0.1, 0.15) is 0 Å². The van der Waals surface area contributed by atoms with Gasteiger partial charge < -0.3 is 4.48 Å². The van der Waals surface area contributed by atoms with E-state index < -0.39 is 6.68 Å². The van der Waals surface area contributed by atoms with E-state index in [1.54, 1.807) is 0 Å². The van der Waals surface area contributed by atoms with Crippen LogP contribution in [0.4, 0.5) is 13.2 Å². The van der Waals surface area contributed by atoms with Crippen LogP contribution in [0.15, 0.2) is 25.3 Å². The van der Waals surface area contributed by atoms with Crippen molar-refractivity contribution in [2.45, 2.75) is 6.68 Å². The highest BCUT2D eigenvalue weighted by Crippen LogP contribution is 1.95. The van der Waals surface area contributed by atoms with Gasteiger partial charge in [-0.15, -0.1) is 0 Å². The maximum absolute atomic E-state index is 9.67. The quantitative estimate of drug-likeness (QED) is 0.479. The number of nitrogens with zero attached hydrogens (tertiary/aromatic N) is 1. The van der Waals surface area contributed by atoms with Crippen LogP contribution in [0.3, 0.4) is 0 Å². The SMILES string of the molecule is C=CC[N+](C)(C)CC=C.FC(F)F. The number of quaternary nitrogens is 1. The maximum atomic E-state index is 9.67. The van der Waals surface area contributed by atoms with Crippen molar-refractivity contribution in [2.24, 2.45) is 0 Å². The molecule has 1 nitrogen and oxygen atoms in total. The van der Waals surface area contributed by atoms with Crippen LogP contribution in [-0.2, 0) is 0 Å². The Bertz CT molecular complexity index is 129. The molecule has 0 radical (unpaired) electrons. The van der Waals surface area contributed by atoms with Crippen LogP contribution < -0.4 is 0 Å². The lowest BCUT2D eigenvalue weighted by Crippen LogP contribution is -2.39. The second-order valence-electron chi connectivity index (χ2n) is 3.13. The Morgan fingerprint density at radius 3 is 1.46 bits per heavy atom. The van der Waals surface area contributed by atoms with E-state index in [9.17, 15) is 13.2 Å². The highest BCUT2D eigenvalue weighted by Gasteiger charge is 2.07. The minimum Gasteiger partial charge on any atom is -0.322 e. The van der Waals surface area contributed by atoms with E-state index in [1.807, 2.05) is 12.2 Å². The number of halogens is 3. The third kappa shape index (κ3) is 18.3. The molecular formula is C9H17F3N+. The number of alkyl halides is 3. The molecule has 0 aliphatic carbocycles. The summed E-state index contributed by atoms with van der Waals surface area (Å²) in [5.41, 5.74) is 0. The molecule has 78 valence electrons. The van der Waals surface area contributed by atoms with Crippen molar-refractivity contribution >= 4 is 0 Å². The van der Waals surface area contributed by atoms with E-state index in [-0.39, 0.29) is 0 Å². The summed E-state index contributed by atoms with van der Waals surface area (Å²) in [6.45, 7) is 5.70. The molecular weight excluding hydrogens is 179 g/mol. The first kappa shape index (κ1) is 14.7. The first-order valence-corrected chi connectivity index (χ1v) is 3.81. The van der Waals surface area contributed by atoms with Gasteiger partial charge in [-0.1, -0.05) is 13.2 Å². The molecule has 0 aliphatic rings. The van der Waals surface area contributed by atoms with Gasteiger partial charge in [-0.25, -0.2) is 0 Å². The molecule has 0 unspecified atom stereocenters. The fourth-order valence-electron chi connectivity index (χ4n) is 0.774. The molecule has 0 heterocycles. The minimum absolute atomic E-state index is 0.951. The highest BCUT2D eigenvalue weighted by molar-refractivity contribution is 4.69. The summed E-state index contributed by atoms with van der Waals surface area (Å²) >= 11 is 0. The van der Waals surface area contributed by atoms with Gasteiger partial charge in [0, 0.05) is 0 Å². The van der Waals surface area contributed by atoms with Gasteiger partial charge in [0.05, 0.1) is 27.2 Å². The molecule has 0 N–H and O–H groups in total. The lowest BCUT2D eigenvalue weighted by molar-refractivity contribution is -0.878. The number of hydrogen-bond donors (Lipinski definition) is 0. The average Bonchev–Trinajstić information content (AvgIpc) is 1.84. The summed E-state index contributed by atoms with van der Waals surface area (Å²) in [7, 11) is 4.31. The third-order valence-corrected chi connectivity index (χ3v) is 1.25. The lowest BCUT2D eigenvalue weighted by atomic mass is 10.4. The zero-order valence-electron chi connectivity index (χ0n) is 8.14. The van der Waals surface area contributed by atoms with Gasteiger partial charge in [-0.3, -0.25) is 0 Å². The Labute approximate surface area is 77.8 Å². The Kier molecular flexibility index (Phi) is 8.91. The third-order valence-electron chi connectivity index (χ3n) is 1.25. The van der Waals surface area contributed by atoms with Gasteiger partial charge in [-0.2, -0.15) is 13.2 Å². The fourth-order valence-corrected chi connectivity index (χ4v) is 0.774. The molecule has 13 heavy (non-hydrogen) atoms. The Hall–Kier alpha value is -0.770. The molecule has 0 fully saturated rings. The van der Waals surface area contributed by atoms with Crippen molar-refractivity contribution in [3.63, 3.8) is 0 Å². The predicted octanol–water partition coefficient (Wildman–Crippen LogP) is 2.61. The second-order valence-corrected chi connectivity index (χ2v) is 3.13. The molecule has 0 rings (SSSR count). The molecule has 0 aromatic carbocycles. The fraction of sp³-hybridized carbons (Fsp3) is 0.556. The number of hydrogen-bond acceptors (Lipinski definition) is 0. The normalized spacial score (nSPS) is 10.3. The summed E-state index contributed by atoms with van der Waals surface area (Å²) in [5, 5.41) is 0. The molecule has 0 spiro atoms. The van der Waals surface area contributed by atoms with Gasteiger partial charge in [-0.05, 0) is 12.2 Å². The van der Waals surface area contributed by atoms with E-state index in [0.717, 1.165) is 17.6 Å². The molecule has 0 amide bonds. The molecule has 0 bridgehead atoms. The van der Waals surface area contributed by atoms with Crippen LogP contribution in [0.25, 0.3) is 0 Å².